The van der Waals surface area contributed by atoms with Crippen LogP contribution in [0.1, 0.15) is 50.5 Å². The zero-order valence-electron chi connectivity index (χ0n) is 19.7. The summed E-state index contributed by atoms with van der Waals surface area (Å²) in [6, 6.07) is 15.0. The van der Waals surface area contributed by atoms with Gasteiger partial charge < -0.3 is 14.6 Å². The first-order valence-electron chi connectivity index (χ1n) is 11.0. The van der Waals surface area contributed by atoms with Gasteiger partial charge in [-0.05, 0) is 55.2 Å². The summed E-state index contributed by atoms with van der Waals surface area (Å²) in [5.41, 5.74) is 3.24. The zero-order chi connectivity index (χ0) is 24.0. The Bertz CT molecular complexity index is 1100. The molecular formula is C25H30N4O3S. The molecule has 7 nitrogen and oxygen atoms in total. The zero-order valence-corrected chi connectivity index (χ0v) is 20.5. The summed E-state index contributed by atoms with van der Waals surface area (Å²) in [6.07, 6.45) is 0. The molecule has 0 unspecified atom stereocenters. The van der Waals surface area contributed by atoms with Crippen LogP contribution in [0, 0.1) is 0 Å². The Morgan fingerprint density at radius 1 is 1.03 bits per heavy atom. The molecule has 0 spiro atoms. The summed E-state index contributed by atoms with van der Waals surface area (Å²) in [6.45, 7) is 11.6. The molecule has 33 heavy (non-hydrogen) atoms. The van der Waals surface area contributed by atoms with E-state index in [1.807, 2.05) is 26.0 Å². The highest BCUT2D eigenvalue weighted by molar-refractivity contribution is 7.99. The van der Waals surface area contributed by atoms with E-state index in [2.05, 4.69) is 48.4 Å². The molecule has 3 rings (SSSR count). The molecule has 2 amide bonds. The second-order valence-electron chi connectivity index (χ2n) is 8.60. The second kappa shape index (κ2) is 10.7. The number of aromatic nitrogens is 2. The van der Waals surface area contributed by atoms with Gasteiger partial charge in [0.15, 0.2) is 0 Å². The van der Waals surface area contributed by atoms with Gasteiger partial charge in [0.25, 0.3) is 11.1 Å². The van der Waals surface area contributed by atoms with Crippen LogP contribution < -0.4 is 5.32 Å². The van der Waals surface area contributed by atoms with Crippen molar-refractivity contribution >= 4 is 29.3 Å². The highest BCUT2D eigenvalue weighted by Gasteiger charge is 2.16. The average molecular weight is 467 g/mol. The minimum atomic E-state index is -0.221. The van der Waals surface area contributed by atoms with Gasteiger partial charge in [-0.25, -0.2) is 0 Å². The third kappa shape index (κ3) is 6.44. The van der Waals surface area contributed by atoms with Crippen molar-refractivity contribution in [3.8, 4) is 11.5 Å². The van der Waals surface area contributed by atoms with Crippen LogP contribution in [0.2, 0.25) is 0 Å². The molecule has 0 aliphatic carbocycles. The molecular weight excluding hydrogens is 436 g/mol. The number of thioether (sulfide) groups is 1. The number of anilines is 1. The standard InChI is InChI=1S/C25H30N4O3S/c1-6-29(7-2)23(31)18-9-8-10-20(15-18)26-21(30)16-33-24-28-27-22(32-24)17-11-13-19(14-12-17)25(3,4)5/h8-15H,6-7,16H2,1-5H3,(H,26,30). The normalized spacial score (nSPS) is 11.3. The second-order valence-corrected chi connectivity index (χ2v) is 9.52. The lowest BCUT2D eigenvalue weighted by molar-refractivity contribution is -0.113. The summed E-state index contributed by atoms with van der Waals surface area (Å²) >= 11 is 1.17. The average Bonchev–Trinajstić information content (AvgIpc) is 3.27. The summed E-state index contributed by atoms with van der Waals surface area (Å²) in [5, 5.41) is 11.3. The summed E-state index contributed by atoms with van der Waals surface area (Å²) in [4.78, 5) is 26.7. The van der Waals surface area contributed by atoms with Crippen molar-refractivity contribution in [1.29, 1.82) is 0 Å². The third-order valence-electron chi connectivity index (χ3n) is 5.18. The van der Waals surface area contributed by atoms with Crippen molar-refractivity contribution in [2.45, 2.75) is 45.3 Å². The maximum Gasteiger partial charge on any atom is 0.277 e. The van der Waals surface area contributed by atoms with Gasteiger partial charge in [0, 0.05) is 29.9 Å². The van der Waals surface area contributed by atoms with Crippen molar-refractivity contribution in [2.75, 3.05) is 24.2 Å². The van der Waals surface area contributed by atoms with Crippen LogP contribution in [-0.2, 0) is 10.2 Å². The maximum absolute atomic E-state index is 12.5. The van der Waals surface area contributed by atoms with Gasteiger partial charge in [-0.15, -0.1) is 10.2 Å². The van der Waals surface area contributed by atoms with E-state index in [0.717, 1.165) is 5.56 Å². The first kappa shape index (κ1) is 24.5. The molecule has 174 valence electrons. The predicted molar refractivity (Wildman–Crippen MR) is 131 cm³/mol. The van der Waals surface area contributed by atoms with Gasteiger partial charge in [0.1, 0.15) is 0 Å². The molecule has 1 heterocycles. The molecule has 1 aromatic heterocycles. The fourth-order valence-corrected chi connectivity index (χ4v) is 3.81. The lowest BCUT2D eigenvalue weighted by atomic mass is 9.87. The topological polar surface area (TPSA) is 88.3 Å². The van der Waals surface area contributed by atoms with Crippen molar-refractivity contribution in [1.82, 2.24) is 15.1 Å². The van der Waals surface area contributed by atoms with Gasteiger partial charge in [-0.2, -0.15) is 0 Å². The lowest BCUT2D eigenvalue weighted by Gasteiger charge is -2.19. The number of carbonyl (C=O) groups excluding carboxylic acids is 2. The summed E-state index contributed by atoms with van der Waals surface area (Å²) in [5.74, 6) is 0.251. The van der Waals surface area contributed by atoms with Gasteiger partial charge in [0.05, 0.1) is 5.75 Å². The van der Waals surface area contributed by atoms with Gasteiger partial charge >= 0.3 is 0 Å². The molecule has 8 heteroatoms. The fraction of sp³-hybridized carbons (Fsp3) is 0.360. The van der Waals surface area contributed by atoms with Crippen LogP contribution in [0.15, 0.2) is 58.2 Å². The molecule has 0 saturated carbocycles. The fourth-order valence-electron chi connectivity index (χ4n) is 3.25. The molecule has 1 N–H and O–H groups in total. The monoisotopic (exact) mass is 466 g/mol. The largest absolute Gasteiger partial charge is 0.411 e. The van der Waals surface area contributed by atoms with Crippen molar-refractivity contribution in [3.63, 3.8) is 0 Å². The number of benzene rings is 2. The first-order chi connectivity index (χ1) is 15.7. The van der Waals surface area contributed by atoms with Gasteiger partial charge in [-0.1, -0.05) is 50.7 Å². The van der Waals surface area contributed by atoms with Gasteiger partial charge in [-0.3, -0.25) is 9.59 Å². The Balaban J connectivity index is 1.57. The SMILES string of the molecule is CCN(CC)C(=O)c1cccc(NC(=O)CSc2nnc(-c3ccc(C(C)(C)C)cc3)o2)c1. The molecule has 0 atom stereocenters. The number of rotatable bonds is 8. The Morgan fingerprint density at radius 3 is 2.36 bits per heavy atom. The molecule has 0 aliphatic heterocycles. The maximum atomic E-state index is 12.5. The van der Waals surface area contributed by atoms with Crippen LogP contribution in [-0.4, -0.2) is 45.8 Å². The minimum absolute atomic E-state index is 0.0561. The van der Waals surface area contributed by atoms with Crippen molar-refractivity contribution in [3.05, 3.63) is 59.7 Å². The van der Waals surface area contributed by atoms with Crippen molar-refractivity contribution < 1.29 is 14.0 Å². The van der Waals surface area contributed by atoms with E-state index < -0.39 is 0 Å². The number of carbonyl (C=O) groups is 2. The molecule has 3 aromatic rings. The smallest absolute Gasteiger partial charge is 0.277 e. The third-order valence-corrected chi connectivity index (χ3v) is 5.99. The van der Waals surface area contributed by atoms with Crippen LogP contribution in [0.5, 0.6) is 0 Å². The lowest BCUT2D eigenvalue weighted by Crippen LogP contribution is -2.30. The van der Waals surface area contributed by atoms with E-state index in [0.29, 0.717) is 35.5 Å². The number of amides is 2. The van der Waals surface area contributed by atoms with Crippen LogP contribution in [0.3, 0.4) is 0 Å². The Kier molecular flexibility index (Phi) is 7.92. The number of nitrogens with one attached hydrogen (secondary N) is 1. The summed E-state index contributed by atoms with van der Waals surface area (Å²) in [7, 11) is 0. The highest BCUT2D eigenvalue weighted by Crippen LogP contribution is 2.27. The number of nitrogens with zero attached hydrogens (tertiary/aromatic N) is 3. The molecule has 0 radical (unpaired) electrons. The van der Waals surface area contributed by atoms with Crippen molar-refractivity contribution in [2.24, 2.45) is 0 Å². The Hall–Kier alpha value is -3.13. The predicted octanol–water partition coefficient (Wildman–Crippen LogP) is 5.25. The van der Waals surface area contributed by atoms with Gasteiger partial charge in [0.2, 0.25) is 11.8 Å². The van der Waals surface area contributed by atoms with E-state index in [4.69, 9.17) is 4.42 Å². The highest BCUT2D eigenvalue weighted by atomic mass is 32.2. The van der Waals surface area contributed by atoms with Crippen LogP contribution in [0.4, 0.5) is 5.69 Å². The van der Waals surface area contributed by atoms with E-state index in [1.54, 1.807) is 29.2 Å². The Labute approximate surface area is 199 Å². The summed E-state index contributed by atoms with van der Waals surface area (Å²) < 4.78 is 5.71. The minimum Gasteiger partial charge on any atom is -0.411 e. The van der Waals surface area contributed by atoms with Crippen LogP contribution in [0.25, 0.3) is 11.5 Å². The number of hydrogen-bond donors (Lipinski definition) is 1. The molecule has 0 saturated heterocycles. The van der Waals surface area contributed by atoms with E-state index in [9.17, 15) is 9.59 Å². The molecule has 2 aromatic carbocycles. The number of hydrogen-bond acceptors (Lipinski definition) is 6. The van der Waals surface area contributed by atoms with E-state index in [1.165, 1.54) is 17.3 Å². The van der Waals surface area contributed by atoms with Crippen LogP contribution >= 0.6 is 11.8 Å². The van der Waals surface area contributed by atoms with E-state index >= 15 is 0 Å². The molecule has 0 bridgehead atoms. The quantitative estimate of drug-likeness (QED) is 0.456. The molecule has 0 fully saturated rings. The molecule has 0 aliphatic rings. The Morgan fingerprint density at radius 2 is 1.73 bits per heavy atom. The first-order valence-corrected chi connectivity index (χ1v) is 12.0. The van der Waals surface area contributed by atoms with E-state index in [-0.39, 0.29) is 23.0 Å².